The Balaban J connectivity index is 1.80. The molecule has 1 aliphatic heterocycles. The molecule has 1 aromatic rings. The van der Waals surface area contributed by atoms with E-state index in [1.54, 1.807) is 12.4 Å². The summed E-state index contributed by atoms with van der Waals surface area (Å²) in [6.45, 7) is 2.94. The minimum absolute atomic E-state index is 0.366. The standard InChI is InChI=1S/C13H17N3O/c1-10-2-3-12(17-10)4-7-16-13-5-6-15-9-11(13)8-14/h5-6,9-10,12H,2-4,7H2,1H3,(H,15,16). The van der Waals surface area contributed by atoms with Crippen molar-refractivity contribution >= 4 is 5.69 Å². The van der Waals surface area contributed by atoms with Crippen molar-refractivity contribution in [2.45, 2.75) is 38.4 Å². The SMILES string of the molecule is CC1CCC(CCNc2ccncc2C#N)O1. The molecule has 2 unspecified atom stereocenters. The van der Waals surface area contributed by atoms with E-state index in [0.717, 1.165) is 31.5 Å². The minimum atomic E-state index is 0.366. The first-order valence-corrected chi connectivity index (χ1v) is 6.03. The third-order valence-electron chi connectivity index (χ3n) is 3.04. The van der Waals surface area contributed by atoms with Crippen LogP contribution in [0.25, 0.3) is 0 Å². The molecule has 2 heterocycles. The highest BCUT2D eigenvalue weighted by molar-refractivity contribution is 5.55. The van der Waals surface area contributed by atoms with Gasteiger partial charge in [0.05, 0.1) is 23.5 Å². The molecule has 4 nitrogen and oxygen atoms in total. The van der Waals surface area contributed by atoms with Gasteiger partial charge in [0.15, 0.2) is 0 Å². The highest BCUT2D eigenvalue weighted by Gasteiger charge is 2.20. The van der Waals surface area contributed by atoms with Crippen molar-refractivity contribution in [2.75, 3.05) is 11.9 Å². The van der Waals surface area contributed by atoms with Crippen molar-refractivity contribution in [3.63, 3.8) is 0 Å². The van der Waals surface area contributed by atoms with Gasteiger partial charge in [0.1, 0.15) is 6.07 Å². The van der Waals surface area contributed by atoms with Gasteiger partial charge in [-0.05, 0) is 32.3 Å². The quantitative estimate of drug-likeness (QED) is 0.864. The second-order valence-electron chi connectivity index (χ2n) is 4.39. The number of ether oxygens (including phenoxy) is 1. The Morgan fingerprint density at radius 2 is 2.47 bits per heavy atom. The van der Waals surface area contributed by atoms with E-state index in [1.165, 1.54) is 0 Å². The molecule has 0 bridgehead atoms. The number of nitriles is 1. The maximum Gasteiger partial charge on any atom is 0.103 e. The number of pyridine rings is 1. The third kappa shape index (κ3) is 3.18. The van der Waals surface area contributed by atoms with Crippen molar-refractivity contribution in [3.8, 4) is 6.07 Å². The predicted molar refractivity (Wildman–Crippen MR) is 65.6 cm³/mol. The molecule has 1 aromatic heterocycles. The second kappa shape index (κ2) is 5.65. The van der Waals surface area contributed by atoms with E-state index in [0.29, 0.717) is 17.8 Å². The highest BCUT2D eigenvalue weighted by atomic mass is 16.5. The molecule has 0 aliphatic carbocycles. The molecule has 90 valence electrons. The summed E-state index contributed by atoms with van der Waals surface area (Å²) in [5.41, 5.74) is 1.45. The number of aromatic nitrogens is 1. The summed E-state index contributed by atoms with van der Waals surface area (Å²) in [5.74, 6) is 0. The van der Waals surface area contributed by atoms with Gasteiger partial charge >= 0.3 is 0 Å². The fraction of sp³-hybridized carbons (Fsp3) is 0.538. The zero-order chi connectivity index (χ0) is 12.1. The first-order valence-electron chi connectivity index (χ1n) is 6.03. The van der Waals surface area contributed by atoms with Crippen LogP contribution in [-0.4, -0.2) is 23.7 Å². The third-order valence-corrected chi connectivity index (χ3v) is 3.04. The zero-order valence-corrected chi connectivity index (χ0v) is 10.0. The van der Waals surface area contributed by atoms with Crippen LogP contribution in [0.4, 0.5) is 5.69 Å². The molecule has 1 N–H and O–H groups in total. The Bertz CT molecular complexity index is 413. The van der Waals surface area contributed by atoms with E-state index in [9.17, 15) is 0 Å². The molecule has 0 aromatic carbocycles. The van der Waals surface area contributed by atoms with Crippen molar-refractivity contribution in [1.82, 2.24) is 4.98 Å². The average molecular weight is 231 g/mol. The van der Waals surface area contributed by atoms with Crippen LogP contribution in [0.3, 0.4) is 0 Å². The number of hydrogen-bond donors (Lipinski definition) is 1. The number of hydrogen-bond acceptors (Lipinski definition) is 4. The molecule has 1 aliphatic rings. The van der Waals surface area contributed by atoms with E-state index >= 15 is 0 Å². The van der Waals surface area contributed by atoms with Crippen LogP contribution < -0.4 is 5.32 Å². The lowest BCUT2D eigenvalue weighted by Crippen LogP contribution is -2.14. The molecule has 17 heavy (non-hydrogen) atoms. The van der Waals surface area contributed by atoms with Crippen LogP contribution in [0.1, 0.15) is 31.7 Å². The van der Waals surface area contributed by atoms with Gasteiger partial charge in [-0.1, -0.05) is 0 Å². The summed E-state index contributed by atoms with van der Waals surface area (Å²) in [4.78, 5) is 3.92. The molecule has 1 fully saturated rings. The van der Waals surface area contributed by atoms with Gasteiger partial charge in [0.2, 0.25) is 0 Å². The van der Waals surface area contributed by atoms with Crippen LogP contribution in [0.5, 0.6) is 0 Å². The fourth-order valence-electron chi connectivity index (χ4n) is 2.10. The van der Waals surface area contributed by atoms with Gasteiger partial charge in [-0.3, -0.25) is 4.98 Å². The maximum atomic E-state index is 8.91. The van der Waals surface area contributed by atoms with Gasteiger partial charge in [-0.15, -0.1) is 0 Å². The molecule has 0 spiro atoms. The van der Waals surface area contributed by atoms with Gasteiger partial charge < -0.3 is 10.1 Å². The lowest BCUT2D eigenvalue weighted by Gasteiger charge is -2.12. The molecular formula is C13H17N3O. The summed E-state index contributed by atoms with van der Waals surface area (Å²) in [7, 11) is 0. The van der Waals surface area contributed by atoms with Gasteiger partial charge in [-0.25, -0.2) is 0 Å². The van der Waals surface area contributed by atoms with E-state index in [2.05, 4.69) is 23.3 Å². The summed E-state index contributed by atoms with van der Waals surface area (Å²) < 4.78 is 5.74. The second-order valence-corrected chi connectivity index (χ2v) is 4.39. The van der Waals surface area contributed by atoms with Crippen molar-refractivity contribution < 1.29 is 4.74 Å². The van der Waals surface area contributed by atoms with Gasteiger partial charge in [0, 0.05) is 18.9 Å². The first-order chi connectivity index (χ1) is 8.29. The highest BCUT2D eigenvalue weighted by Crippen LogP contribution is 2.21. The first kappa shape index (κ1) is 11.9. The van der Waals surface area contributed by atoms with Crippen LogP contribution in [0, 0.1) is 11.3 Å². The molecule has 0 radical (unpaired) electrons. The molecule has 1 saturated heterocycles. The number of nitrogens with zero attached hydrogens (tertiary/aromatic N) is 2. The van der Waals surface area contributed by atoms with E-state index < -0.39 is 0 Å². The van der Waals surface area contributed by atoms with Crippen molar-refractivity contribution in [3.05, 3.63) is 24.0 Å². The Labute approximate surface area is 102 Å². The molecule has 4 heteroatoms. The molecule has 0 amide bonds. The summed E-state index contributed by atoms with van der Waals surface area (Å²) in [6, 6.07) is 3.95. The Morgan fingerprint density at radius 3 is 3.18 bits per heavy atom. The summed E-state index contributed by atoms with van der Waals surface area (Å²) in [6.07, 6.45) is 7.32. The van der Waals surface area contributed by atoms with Gasteiger partial charge in [-0.2, -0.15) is 5.26 Å². The lowest BCUT2D eigenvalue weighted by molar-refractivity contribution is 0.0531. The molecular weight excluding hydrogens is 214 g/mol. The van der Waals surface area contributed by atoms with Crippen LogP contribution in [0.2, 0.25) is 0 Å². The zero-order valence-electron chi connectivity index (χ0n) is 10.0. The van der Waals surface area contributed by atoms with E-state index in [1.807, 2.05) is 6.07 Å². The fourth-order valence-corrected chi connectivity index (χ4v) is 2.10. The number of rotatable bonds is 4. The van der Waals surface area contributed by atoms with E-state index in [-0.39, 0.29) is 0 Å². The average Bonchev–Trinajstić information content (AvgIpc) is 2.76. The number of anilines is 1. The summed E-state index contributed by atoms with van der Waals surface area (Å²) in [5, 5.41) is 12.2. The Kier molecular flexibility index (Phi) is 3.94. The minimum Gasteiger partial charge on any atom is -0.384 e. The smallest absolute Gasteiger partial charge is 0.103 e. The molecule has 2 atom stereocenters. The monoisotopic (exact) mass is 231 g/mol. The van der Waals surface area contributed by atoms with Crippen LogP contribution in [-0.2, 0) is 4.74 Å². The van der Waals surface area contributed by atoms with E-state index in [4.69, 9.17) is 10.00 Å². The van der Waals surface area contributed by atoms with Crippen LogP contribution in [0.15, 0.2) is 18.5 Å². The van der Waals surface area contributed by atoms with Crippen molar-refractivity contribution in [1.29, 1.82) is 5.26 Å². The molecule has 2 rings (SSSR count). The van der Waals surface area contributed by atoms with Crippen molar-refractivity contribution in [2.24, 2.45) is 0 Å². The predicted octanol–water partition coefficient (Wildman–Crippen LogP) is 2.32. The largest absolute Gasteiger partial charge is 0.384 e. The lowest BCUT2D eigenvalue weighted by atomic mass is 10.1. The topological polar surface area (TPSA) is 57.9 Å². The van der Waals surface area contributed by atoms with Crippen LogP contribution >= 0.6 is 0 Å². The Hall–Kier alpha value is -1.60. The molecule has 0 saturated carbocycles. The maximum absolute atomic E-state index is 8.91. The Morgan fingerprint density at radius 1 is 1.59 bits per heavy atom. The number of nitrogens with one attached hydrogen (secondary N) is 1. The summed E-state index contributed by atoms with van der Waals surface area (Å²) >= 11 is 0. The normalized spacial score (nSPS) is 23.3. The van der Waals surface area contributed by atoms with Gasteiger partial charge in [0.25, 0.3) is 0 Å².